The number of ether oxygens (including phenoxy) is 2. The molecule has 0 radical (unpaired) electrons. The molecule has 1 aliphatic rings. The van der Waals surface area contributed by atoms with E-state index in [0.717, 1.165) is 0 Å². The second-order valence-electron chi connectivity index (χ2n) is 7.25. The molecule has 3 aromatic carbocycles. The first-order valence-corrected chi connectivity index (χ1v) is 11.3. The first kappa shape index (κ1) is 22.2. The van der Waals surface area contributed by atoms with Gasteiger partial charge in [-0.3, -0.25) is 4.90 Å². The molecule has 0 saturated carbocycles. The molecule has 0 fully saturated rings. The molecule has 0 unspecified atom stereocenters. The summed E-state index contributed by atoms with van der Waals surface area (Å²) in [6.07, 6.45) is -1.14. The third-order valence-electron chi connectivity index (χ3n) is 4.98. The molecule has 3 aromatic rings. The first-order valence-electron chi connectivity index (χ1n) is 9.88. The van der Waals surface area contributed by atoms with Gasteiger partial charge in [-0.2, -0.15) is 4.31 Å². The van der Waals surface area contributed by atoms with E-state index < -0.39 is 28.1 Å². The van der Waals surface area contributed by atoms with Crippen molar-refractivity contribution in [2.45, 2.75) is 17.9 Å². The molecular weight excluding hydrogens is 448 g/mol. The van der Waals surface area contributed by atoms with Crippen LogP contribution in [0.2, 0.25) is 0 Å². The number of para-hydroxylation sites is 1. The highest BCUT2D eigenvalue weighted by atomic mass is 32.2. The minimum atomic E-state index is -4.22. The minimum Gasteiger partial charge on any atom is -0.479 e. The number of fused-ring (bicyclic) bond motifs is 1. The molecule has 2 amide bonds. The number of amides is 2. The van der Waals surface area contributed by atoms with E-state index in [1.54, 1.807) is 24.3 Å². The number of carbonyl (C=O) groups is 2. The van der Waals surface area contributed by atoms with E-state index in [-0.39, 0.29) is 22.0 Å². The summed E-state index contributed by atoms with van der Waals surface area (Å²) < 4.78 is 38.3. The van der Waals surface area contributed by atoms with Crippen molar-refractivity contribution in [2.24, 2.45) is 0 Å². The summed E-state index contributed by atoms with van der Waals surface area (Å²) in [4.78, 5) is 25.1. The van der Waals surface area contributed by atoms with Gasteiger partial charge in [0.05, 0.1) is 11.4 Å². The molecule has 1 aliphatic heterocycles. The van der Waals surface area contributed by atoms with Crippen LogP contribution in [0.4, 0.5) is 16.2 Å². The van der Waals surface area contributed by atoms with E-state index in [1.165, 1.54) is 49.2 Å². The van der Waals surface area contributed by atoms with E-state index >= 15 is 0 Å². The standard InChI is InChI=1S/C23H20N2O7S/c1-15(22(26)27)31-19-12-13-21-20(14-19)24(2)23(28)25(33(21,29)30)16-8-10-18(11-9-16)32-17-6-4-3-5-7-17/h3-15H,1-2H3,(H,26,27)/t15-/m1/s1. The van der Waals surface area contributed by atoms with Crippen LogP contribution in [0.15, 0.2) is 77.7 Å². The maximum absolute atomic E-state index is 13.3. The number of carbonyl (C=O) groups excluding carboxylic acids is 1. The Balaban J connectivity index is 1.65. The summed E-state index contributed by atoms with van der Waals surface area (Å²) in [5.74, 6) is 0.0655. The SMILES string of the molecule is C[C@@H](Oc1ccc2c(c1)N(C)C(=O)N(c1ccc(Oc3ccccc3)cc1)S2(=O)=O)C(=O)O. The quantitative estimate of drug-likeness (QED) is 0.579. The zero-order chi connectivity index (χ0) is 23.8. The molecule has 4 rings (SSSR count). The summed E-state index contributed by atoms with van der Waals surface area (Å²) in [7, 11) is -2.79. The maximum Gasteiger partial charge on any atom is 0.344 e. The molecule has 0 saturated heterocycles. The lowest BCUT2D eigenvalue weighted by molar-refractivity contribution is -0.144. The van der Waals surface area contributed by atoms with Crippen molar-refractivity contribution in [3.05, 3.63) is 72.8 Å². The van der Waals surface area contributed by atoms with Gasteiger partial charge in [0.2, 0.25) is 0 Å². The molecule has 0 bridgehead atoms. The van der Waals surface area contributed by atoms with Crippen molar-refractivity contribution in [3.8, 4) is 17.2 Å². The molecular formula is C23H20N2O7S. The predicted octanol–water partition coefficient (Wildman–Crippen LogP) is 4.10. The third kappa shape index (κ3) is 4.20. The van der Waals surface area contributed by atoms with Crippen LogP contribution in [0.1, 0.15) is 6.92 Å². The largest absolute Gasteiger partial charge is 0.479 e. The fourth-order valence-electron chi connectivity index (χ4n) is 3.27. The lowest BCUT2D eigenvalue weighted by atomic mass is 10.2. The molecule has 10 heteroatoms. The molecule has 170 valence electrons. The van der Waals surface area contributed by atoms with Gasteiger partial charge in [-0.15, -0.1) is 0 Å². The molecule has 0 spiro atoms. The maximum atomic E-state index is 13.3. The second kappa shape index (κ2) is 8.47. The predicted molar refractivity (Wildman–Crippen MR) is 121 cm³/mol. The zero-order valence-corrected chi connectivity index (χ0v) is 18.5. The fraction of sp³-hybridized carbons (Fsp3) is 0.130. The van der Waals surface area contributed by atoms with Gasteiger partial charge in [0, 0.05) is 13.1 Å². The Bertz CT molecular complexity index is 1310. The van der Waals surface area contributed by atoms with Gasteiger partial charge in [0.15, 0.2) is 6.10 Å². The smallest absolute Gasteiger partial charge is 0.344 e. The van der Waals surface area contributed by atoms with Crippen molar-refractivity contribution >= 4 is 33.4 Å². The average molecular weight is 468 g/mol. The van der Waals surface area contributed by atoms with Crippen molar-refractivity contribution in [3.63, 3.8) is 0 Å². The summed E-state index contributed by atoms with van der Waals surface area (Å²) in [6.45, 7) is 1.35. The summed E-state index contributed by atoms with van der Waals surface area (Å²) >= 11 is 0. The summed E-state index contributed by atoms with van der Waals surface area (Å²) in [5.41, 5.74) is 0.244. The van der Waals surface area contributed by atoms with E-state index in [4.69, 9.17) is 14.6 Å². The topological polar surface area (TPSA) is 113 Å². The first-order chi connectivity index (χ1) is 15.7. The van der Waals surface area contributed by atoms with Crippen LogP contribution in [0, 0.1) is 0 Å². The van der Waals surface area contributed by atoms with E-state index in [0.29, 0.717) is 15.8 Å². The average Bonchev–Trinajstić information content (AvgIpc) is 2.79. The number of rotatable bonds is 6. The van der Waals surface area contributed by atoms with Gasteiger partial charge in [0.1, 0.15) is 22.1 Å². The highest BCUT2D eigenvalue weighted by molar-refractivity contribution is 7.94. The highest BCUT2D eigenvalue weighted by Crippen LogP contribution is 2.39. The molecule has 1 N–H and O–H groups in total. The minimum absolute atomic E-state index is 0.0929. The van der Waals surface area contributed by atoms with Gasteiger partial charge in [-0.25, -0.2) is 18.0 Å². The van der Waals surface area contributed by atoms with Gasteiger partial charge < -0.3 is 14.6 Å². The Morgan fingerprint density at radius 1 is 0.939 bits per heavy atom. The van der Waals surface area contributed by atoms with Crippen molar-refractivity contribution in [2.75, 3.05) is 16.3 Å². The number of carboxylic acids is 1. The number of sulfonamides is 1. The normalized spacial score (nSPS) is 15.5. The van der Waals surface area contributed by atoms with Crippen molar-refractivity contribution in [1.82, 2.24) is 0 Å². The van der Waals surface area contributed by atoms with E-state index in [9.17, 15) is 18.0 Å². The summed E-state index contributed by atoms with van der Waals surface area (Å²) in [5, 5.41) is 9.02. The van der Waals surface area contributed by atoms with Gasteiger partial charge in [-0.05, 0) is 55.5 Å². The Morgan fingerprint density at radius 2 is 1.55 bits per heavy atom. The molecule has 1 atom stereocenters. The number of urea groups is 1. The van der Waals surface area contributed by atoms with Gasteiger partial charge in [0.25, 0.3) is 10.0 Å². The summed E-state index contributed by atoms with van der Waals surface area (Å²) in [6, 6.07) is 18.4. The zero-order valence-electron chi connectivity index (χ0n) is 17.7. The molecule has 0 aromatic heterocycles. The van der Waals surface area contributed by atoms with E-state index in [2.05, 4.69) is 0 Å². The van der Waals surface area contributed by atoms with Crippen molar-refractivity contribution in [1.29, 1.82) is 0 Å². The van der Waals surface area contributed by atoms with Crippen molar-refractivity contribution < 1.29 is 32.6 Å². The fourth-order valence-corrected chi connectivity index (χ4v) is 4.89. The van der Waals surface area contributed by atoms with Crippen LogP contribution in [0.5, 0.6) is 17.2 Å². The Kier molecular flexibility index (Phi) is 5.69. The Labute approximate surface area is 190 Å². The van der Waals surface area contributed by atoms with Crippen LogP contribution in [-0.2, 0) is 14.8 Å². The van der Waals surface area contributed by atoms with Crippen LogP contribution in [0.3, 0.4) is 0 Å². The number of nitrogens with zero attached hydrogens (tertiary/aromatic N) is 2. The van der Waals surface area contributed by atoms with Gasteiger partial charge >= 0.3 is 12.0 Å². The Morgan fingerprint density at radius 3 is 2.18 bits per heavy atom. The third-order valence-corrected chi connectivity index (χ3v) is 6.73. The van der Waals surface area contributed by atoms with Crippen LogP contribution >= 0.6 is 0 Å². The monoisotopic (exact) mass is 468 g/mol. The number of hydrogen-bond acceptors (Lipinski definition) is 6. The van der Waals surface area contributed by atoms with Crippen LogP contribution in [0.25, 0.3) is 0 Å². The van der Waals surface area contributed by atoms with E-state index in [1.807, 2.05) is 18.2 Å². The molecule has 33 heavy (non-hydrogen) atoms. The van der Waals surface area contributed by atoms with Crippen LogP contribution < -0.4 is 18.7 Å². The Hall–Kier alpha value is -4.05. The van der Waals surface area contributed by atoms with Crippen LogP contribution in [-0.4, -0.2) is 38.7 Å². The molecule has 0 aliphatic carbocycles. The highest BCUT2D eigenvalue weighted by Gasteiger charge is 2.41. The lowest BCUT2D eigenvalue weighted by Crippen LogP contribution is -2.49. The molecule has 9 nitrogen and oxygen atoms in total. The lowest BCUT2D eigenvalue weighted by Gasteiger charge is -2.34. The number of benzene rings is 3. The van der Waals surface area contributed by atoms with Gasteiger partial charge in [-0.1, -0.05) is 18.2 Å². The number of carboxylic acid groups (broad SMARTS) is 1. The number of anilines is 2. The number of hydrogen-bond donors (Lipinski definition) is 1. The second-order valence-corrected chi connectivity index (χ2v) is 9.00. The molecule has 1 heterocycles. The number of aliphatic carboxylic acids is 1.